The standard InChI is InChI=1S/C14H21N5/c1-18-5-7-19(8-6-18)14-11(13(15)16)9-10-3-2-4-12(10)17-14/h9H,2-8H2,1H3,(H3,15,16). The predicted molar refractivity (Wildman–Crippen MR) is 77.0 cm³/mol. The molecule has 0 spiro atoms. The van der Waals surface area contributed by atoms with Crippen molar-refractivity contribution in [2.24, 2.45) is 5.73 Å². The van der Waals surface area contributed by atoms with Gasteiger partial charge in [0.15, 0.2) is 0 Å². The number of aromatic nitrogens is 1. The maximum Gasteiger partial charge on any atom is 0.139 e. The second-order valence-electron chi connectivity index (χ2n) is 5.52. The number of amidine groups is 1. The summed E-state index contributed by atoms with van der Waals surface area (Å²) < 4.78 is 0. The first-order valence-corrected chi connectivity index (χ1v) is 6.96. The molecule has 5 heteroatoms. The van der Waals surface area contributed by atoms with Gasteiger partial charge in [-0.15, -0.1) is 0 Å². The number of rotatable bonds is 2. The van der Waals surface area contributed by atoms with Crippen LogP contribution in [0.25, 0.3) is 0 Å². The summed E-state index contributed by atoms with van der Waals surface area (Å²) in [5.41, 5.74) is 9.05. The van der Waals surface area contributed by atoms with Crippen molar-refractivity contribution in [3.63, 3.8) is 0 Å². The zero-order chi connectivity index (χ0) is 13.4. The molecule has 1 saturated heterocycles. The van der Waals surface area contributed by atoms with E-state index in [9.17, 15) is 0 Å². The Kier molecular flexibility index (Phi) is 3.14. The normalized spacial score (nSPS) is 19.5. The molecule has 1 aliphatic carbocycles. The predicted octanol–water partition coefficient (Wildman–Crippen LogP) is 0.606. The Morgan fingerprint density at radius 2 is 2.00 bits per heavy atom. The number of nitrogens with one attached hydrogen (secondary N) is 1. The molecule has 1 fully saturated rings. The van der Waals surface area contributed by atoms with Gasteiger partial charge in [-0.05, 0) is 37.9 Å². The minimum atomic E-state index is 0.135. The molecule has 102 valence electrons. The number of anilines is 1. The fourth-order valence-electron chi connectivity index (χ4n) is 2.92. The summed E-state index contributed by atoms with van der Waals surface area (Å²) in [6, 6.07) is 2.09. The molecule has 1 aromatic rings. The molecule has 2 heterocycles. The second kappa shape index (κ2) is 4.81. The number of hydrogen-bond acceptors (Lipinski definition) is 4. The summed E-state index contributed by atoms with van der Waals surface area (Å²) in [4.78, 5) is 9.40. The van der Waals surface area contributed by atoms with E-state index in [0.717, 1.165) is 50.4 Å². The van der Waals surface area contributed by atoms with Gasteiger partial charge in [0.2, 0.25) is 0 Å². The van der Waals surface area contributed by atoms with Crippen molar-refractivity contribution in [3.8, 4) is 0 Å². The van der Waals surface area contributed by atoms with Crippen LogP contribution in [0, 0.1) is 5.41 Å². The molecular formula is C14H21N5. The van der Waals surface area contributed by atoms with Gasteiger partial charge in [-0.1, -0.05) is 0 Å². The number of piperazine rings is 1. The number of likely N-dealkylation sites (N-methyl/N-ethyl adjacent to an activating group) is 1. The van der Waals surface area contributed by atoms with Crippen LogP contribution in [0.1, 0.15) is 23.2 Å². The van der Waals surface area contributed by atoms with Crippen LogP contribution in [0.5, 0.6) is 0 Å². The van der Waals surface area contributed by atoms with E-state index in [4.69, 9.17) is 16.1 Å². The molecule has 1 aliphatic heterocycles. The van der Waals surface area contributed by atoms with Crippen molar-refractivity contribution in [1.82, 2.24) is 9.88 Å². The Morgan fingerprint density at radius 1 is 1.26 bits per heavy atom. The molecule has 5 nitrogen and oxygen atoms in total. The lowest BCUT2D eigenvalue weighted by molar-refractivity contribution is 0.312. The highest BCUT2D eigenvalue weighted by atomic mass is 15.3. The van der Waals surface area contributed by atoms with E-state index in [1.165, 1.54) is 17.7 Å². The Hall–Kier alpha value is -1.62. The van der Waals surface area contributed by atoms with Gasteiger partial charge in [0, 0.05) is 31.9 Å². The van der Waals surface area contributed by atoms with E-state index >= 15 is 0 Å². The molecule has 0 amide bonds. The summed E-state index contributed by atoms with van der Waals surface area (Å²) in [6.07, 6.45) is 3.31. The van der Waals surface area contributed by atoms with Crippen LogP contribution in [-0.2, 0) is 12.8 Å². The van der Waals surface area contributed by atoms with Crippen molar-refractivity contribution < 1.29 is 0 Å². The van der Waals surface area contributed by atoms with Gasteiger partial charge >= 0.3 is 0 Å². The van der Waals surface area contributed by atoms with Crippen LogP contribution in [0.3, 0.4) is 0 Å². The molecule has 19 heavy (non-hydrogen) atoms. The minimum absolute atomic E-state index is 0.135. The van der Waals surface area contributed by atoms with Crippen molar-refractivity contribution >= 4 is 11.7 Å². The van der Waals surface area contributed by atoms with E-state index in [1.54, 1.807) is 0 Å². The first-order valence-electron chi connectivity index (χ1n) is 6.96. The Labute approximate surface area is 113 Å². The Bertz CT molecular complexity index is 503. The summed E-state index contributed by atoms with van der Waals surface area (Å²) >= 11 is 0. The van der Waals surface area contributed by atoms with E-state index < -0.39 is 0 Å². The number of nitrogens with two attached hydrogens (primary N) is 1. The second-order valence-corrected chi connectivity index (χ2v) is 5.52. The van der Waals surface area contributed by atoms with E-state index in [1.807, 2.05) is 0 Å². The third kappa shape index (κ3) is 2.30. The van der Waals surface area contributed by atoms with Crippen LogP contribution < -0.4 is 10.6 Å². The Balaban J connectivity index is 1.97. The molecular weight excluding hydrogens is 238 g/mol. The molecule has 0 aromatic carbocycles. The van der Waals surface area contributed by atoms with Crippen molar-refractivity contribution in [1.29, 1.82) is 5.41 Å². The smallest absolute Gasteiger partial charge is 0.139 e. The third-order valence-corrected chi connectivity index (χ3v) is 4.12. The van der Waals surface area contributed by atoms with Gasteiger partial charge in [-0.25, -0.2) is 4.98 Å². The summed E-state index contributed by atoms with van der Waals surface area (Å²) in [6.45, 7) is 4.00. The fraction of sp³-hybridized carbons (Fsp3) is 0.571. The number of hydrogen-bond donors (Lipinski definition) is 2. The van der Waals surface area contributed by atoms with E-state index in [0.29, 0.717) is 0 Å². The number of aryl methyl sites for hydroxylation is 2. The highest BCUT2D eigenvalue weighted by molar-refractivity contribution is 6.00. The topological polar surface area (TPSA) is 69.2 Å². The monoisotopic (exact) mass is 259 g/mol. The molecule has 0 saturated carbocycles. The molecule has 3 N–H and O–H groups in total. The minimum Gasteiger partial charge on any atom is -0.384 e. The van der Waals surface area contributed by atoms with Crippen LogP contribution in [-0.4, -0.2) is 48.9 Å². The number of nitrogens with zero attached hydrogens (tertiary/aromatic N) is 3. The van der Waals surface area contributed by atoms with Gasteiger partial charge in [0.25, 0.3) is 0 Å². The van der Waals surface area contributed by atoms with Crippen molar-refractivity contribution in [2.75, 3.05) is 38.1 Å². The Morgan fingerprint density at radius 3 is 2.68 bits per heavy atom. The average Bonchev–Trinajstić information content (AvgIpc) is 2.85. The van der Waals surface area contributed by atoms with Gasteiger partial charge < -0.3 is 15.5 Å². The molecule has 0 atom stereocenters. The molecule has 2 aliphatic rings. The highest BCUT2D eigenvalue weighted by Crippen LogP contribution is 2.27. The van der Waals surface area contributed by atoms with Crippen LogP contribution in [0.4, 0.5) is 5.82 Å². The highest BCUT2D eigenvalue weighted by Gasteiger charge is 2.23. The molecule has 3 rings (SSSR count). The van der Waals surface area contributed by atoms with Gasteiger partial charge in [-0.3, -0.25) is 5.41 Å². The third-order valence-electron chi connectivity index (χ3n) is 4.12. The lowest BCUT2D eigenvalue weighted by Crippen LogP contribution is -2.45. The quantitative estimate of drug-likeness (QED) is 0.603. The van der Waals surface area contributed by atoms with Gasteiger partial charge in [0.05, 0.1) is 5.56 Å². The summed E-state index contributed by atoms with van der Waals surface area (Å²) in [5.74, 6) is 1.05. The lowest BCUT2D eigenvalue weighted by Gasteiger charge is -2.34. The van der Waals surface area contributed by atoms with E-state index in [-0.39, 0.29) is 5.84 Å². The van der Waals surface area contributed by atoms with Crippen LogP contribution in [0.2, 0.25) is 0 Å². The first-order chi connectivity index (χ1) is 9.15. The lowest BCUT2D eigenvalue weighted by atomic mass is 10.1. The molecule has 0 bridgehead atoms. The van der Waals surface area contributed by atoms with Crippen molar-refractivity contribution in [3.05, 3.63) is 22.9 Å². The fourth-order valence-corrected chi connectivity index (χ4v) is 2.92. The molecule has 0 radical (unpaired) electrons. The van der Waals surface area contributed by atoms with Crippen molar-refractivity contribution in [2.45, 2.75) is 19.3 Å². The largest absolute Gasteiger partial charge is 0.384 e. The summed E-state index contributed by atoms with van der Waals surface area (Å²) in [7, 11) is 2.14. The average molecular weight is 259 g/mol. The maximum absolute atomic E-state index is 7.80. The summed E-state index contributed by atoms with van der Waals surface area (Å²) in [5, 5.41) is 7.80. The van der Waals surface area contributed by atoms with Crippen LogP contribution >= 0.6 is 0 Å². The molecule has 1 aromatic heterocycles. The van der Waals surface area contributed by atoms with E-state index in [2.05, 4.69) is 22.9 Å². The van der Waals surface area contributed by atoms with Gasteiger partial charge in [-0.2, -0.15) is 0 Å². The first kappa shape index (κ1) is 12.4. The van der Waals surface area contributed by atoms with Gasteiger partial charge in [0.1, 0.15) is 11.7 Å². The molecule has 0 unspecified atom stereocenters. The maximum atomic E-state index is 7.80. The number of nitrogen functional groups attached to an aromatic ring is 1. The number of pyridine rings is 1. The number of fused-ring (bicyclic) bond motifs is 1. The SMILES string of the molecule is CN1CCN(c2nc3c(cc2C(=N)N)CCC3)CC1. The zero-order valence-corrected chi connectivity index (χ0v) is 11.4. The van der Waals surface area contributed by atoms with Crippen LogP contribution in [0.15, 0.2) is 6.07 Å². The zero-order valence-electron chi connectivity index (χ0n) is 11.4.